The van der Waals surface area contributed by atoms with Crippen molar-refractivity contribution in [3.8, 4) is 0 Å². The molecular formula is C26H33BrN6OS. The lowest BCUT2D eigenvalue weighted by atomic mass is 9.96. The largest absolute Gasteiger partial charge is 0.352 e. The summed E-state index contributed by atoms with van der Waals surface area (Å²) in [6, 6.07) is 8.47. The van der Waals surface area contributed by atoms with Crippen LogP contribution in [0.15, 0.2) is 35.1 Å². The van der Waals surface area contributed by atoms with Crippen LogP contribution in [-0.4, -0.2) is 78.0 Å². The number of fused-ring (bicyclic) bond motifs is 3. The number of carbonyl (C=O) groups is 1. The van der Waals surface area contributed by atoms with Crippen LogP contribution in [-0.2, 0) is 17.8 Å². The van der Waals surface area contributed by atoms with Gasteiger partial charge in [-0.05, 0) is 36.7 Å². The van der Waals surface area contributed by atoms with Gasteiger partial charge in [-0.2, -0.15) is 0 Å². The average Bonchev–Trinajstić information content (AvgIpc) is 3.22. The van der Waals surface area contributed by atoms with Gasteiger partial charge in [0.15, 0.2) is 0 Å². The highest BCUT2D eigenvalue weighted by Gasteiger charge is 2.31. The van der Waals surface area contributed by atoms with E-state index < -0.39 is 0 Å². The maximum atomic E-state index is 13.7. The Balaban J connectivity index is 1.33. The summed E-state index contributed by atoms with van der Waals surface area (Å²) in [5.41, 5.74) is 2.48. The van der Waals surface area contributed by atoms with E-state index in [1.807, 2.05) is 17.0 Å². The van der Waals surface area contributed by atoms with Crippen LogP contribution in [0.25, 0.3) is 10.2 Å². The summed E-state index contributed by atoms with van der Waals surface area (Å²) in [7, 11) is 2.17. The topological polar surface area (TPSA) is 64.6 Å². The Hall–Kier alpha value is -2.07. The predicted molar refractivity (Wildman–Crippen MR) is 146 cm³/mol. The molecule has 4 heterocycles. The van der Waals surface area contributed by atoms with E-state index in [9.17, 15) is 4.79 Å². The lowest BCUT2D eigenvalue weighted by molar-refractivity contribution is -0.133. The molecule has 1 atom stereocenters. The zero-order chi connectivity index (χ0) is 24.5. The molecule has 0 spiro atoms. The molecule has 1 aromatic carbocycles. The number of benzene rings is 1. The molecule has 35 heavy (non-hydrogen) atoms. The van der Waals surface area contributed by atoms with E-state index in [0.717, 1.165) is 53.3 Å². The summed E-state index contributed by atoms with van der Waals surface area (Å²) in [6.07, 6.45) is 2.74. The fourth-order valence-corrected chi connectivity index (χ4v) is 6.56. The van der Waals surface area contributed by atoms with Crippen molar-refractivity contribution in [2.45, 2.75) is 38.8 Å². The predicted octanol–water partition coefficient (Wildman–Crippen LogP) is 3.87. The molecule has 1 unspecified atom stereocenters. The first kappa shape index (κ1) is 24.6. The number of aromatic nitrogens is 2. The van der Waals surface area contributed by atoms with E-state index in [4.69, 9.17) is 4.98 Å². The Bertz CT molecular complexity index is 1190. The molecule has 1 saturated heterocycles. The van der Waals surface area contributed by atoms with Gasteiger partial charge in [0.1, 0.15) is 17.0 Å². The summed E-state index contributed by atoms with van der Waals surface area (Å²) in [4.78, 5) is 32.2. The van der Waals surface area contributed by atoms with Crippen LogP contribution < -0.4 is 10.2 Å². The molecule has 1 N–H and O–H groups in total. The highest BCUT2D eigenvalue weighted by molar-refractivity contribution is 9.10. The lowest BCUT2D eigenvalue weighted by Crippen LogP contribution is -2.51. The van der Waals surface area contributed by atoms with Gasteiger partial charge in [-0.3, -0.25) is 4.79 Å². The fraction of sp³-hybridized carbons (Fsp3) is 0.500. The van der Waals surface area contributed by atoms with Crippen molar-refractivity contribution in [3.63, 3.8) is 0 Å². The molecule has 1 fully saturated rings. The summed E-state index contributed by atoms with van der Waals surface area (Å²) in [5.74, 6) is 1.04. The van der Waals surface area contributed by atoms with Crippen LogP contribution in [0.4, 0.5) is 5.82 Å². The van der Waals surface area contributed by atoms with Gasteiger partial charge >= 0.3 is 0 Å². The highest BCUT2D eigenvalue weighted by atomic mass is 79.9. The monoisotopic (exact) mass is 556 g/mol. The lowest BCUT2D eigenvalue weighted by Gasteiger charge is -2.37. The number of rotatable bonds is 6. The van der Waals surface area contributed by atoms with Gasteiger partial charge in [0, 0.05) is 61.2 Å². The molecule has 1 amide bonds. The molecule has 2 aromatic heterocycles. The summed E-state index contributed by atoms with van der Waals surface area (Å²) in [6.45, 7) is 9.90. The highest BCUT2D eigenvalue weighted by Crippen LogP contribution is 2.38. The molecule has 186 valence electrons. The third-order valence-electron chi connectivity index (χ3n) is 7.00. The standard InChI is InChI=1S/C26H33BrN6OS/c1-17(2)28-14-21(18-4-6-19(27)7-5-18)26(34)33-12-10-32(11-13-33)24-23-20-8-9-31(3)15-22(20)35-25(23)30-16-29-24/h4-7,16-17,21,28H,8-15H2,1-3H3. The van der Waals surface area contributed by atoms with E-state index in [-0.39, 0.29) is 11.8 Å². The molecule has 3 aromatic rings. The Labute approximate surface area is 219 Å². The Morgan fingerprint density at radius 1 is 1.11 bits per heavy atom. The van der Waals surface area contributed by atoms with Crippen molar-refractivity contribution in [2.75, 3.05) is 51.2 Å². The van der Waals surface area contributed by atoms with Gasteiger partial charge in [-0.25, -0.2) is 9.97 Å². The third-order valence-corrected chi connectivity index (χ3v) is 8.65. The first-order chi connectivity index (χ1) is 16.9. The number of nitrogens with zero attached hydrogens (tertiary/aromatic N) is 5. The number of carbonyl (C=O) groups excluding carboxylic acids is 1. The van der Waals surface area contributed by atoms with E-state index in [2.05, 4.69) is 69.1 Å². The zero-order valence-corrected chi connectivity index (χ0v) is 23.0. The van der Waals surface area contributed by atoms with Gasteiger partial charge in [0.05, 0.1) is 11.3 Å². The van der Waals surface area contributed by atoms with Crippen molar-refractivity contribution in [1.82, 2.24) is 25.1 Å². The number of hydrogen-bond donors (Lipinski definition) is 1. The van der Waals surface area contributed by atoms with Gasteiger partial charge in [0.2, 0.25) is 5.91 Å². The second-order valence-corrected chi connectivity index (χ2v) is 11.8. The number of halogens is 1. The summed E-state index contributed by atoms with van der Waals surface area (Å²) < 4.78 is 1.02. The first-order valence-electron chi connectivity index (χ1n) is 12.4. The van der Waals surface area contributed by atoms with E-state index in [0.29, 0.717) is 25.7 Å². The maximum absolute atomic E-state index is 13.7. The van der Waals surface area contributed by atoms with Gasteiger partial charge in [0.25, 0.3) is 0 Å². The molecule has 2 aliphatic rings. The Morgan fingerprint density at radius 2 is 1.86 bits per heavy atom. The minimum Gasteiger partial charge on any atom is -0.352 e. The van der Waals surface area contributed by atoms with Crippen LogP contribution in [0.5, 0.6) is 0 Å². The number of thiophene rings is 1. The second kappa shape index (κ2) is 10.5. The number of anilines is 1. The number of nitrogens with one attached hydrogen (secondary N) is 1. The van der Waals surface area contributed by atoms with Crippen molar-refractivity contribution < 1.29 is 4.79 Å². The van der Waals surface area contributed by atoms with Crippen LogP contribution in [0.1, 0.15) is 35.8 Å². The molecule has 0 saturated carbocycles. The molecule has 2 aliphatic heterocycles. The van der Waals surface area contributed by atoms with E-state index >= 15 is 0 Å². The number of hydrogen-bond acceptors (Lipinski definition) is 7. The fourth-order valence-electron chi connectivity index (χ4n) is 5.03. The van der Waals surface area contributed by atoms with Crippen LogP contribution >= 0.6 is 27.3 Å². The van der Waals surface area contributed by atoms with Crippen LogP contribution in [0.3, 0.4) is 0 Å². The molecule has 9 heteroatoms. The van der Waals surface area contributed by atoms with Crippen molar-refractivity contribution in [2.24, 2.45) is 0 Å². The Morgan fingerprint density at radius 3 is 2.57 bits per heavy atom. The number of piperazine rings is 1. The Kier molecular flexibility index (Phi) is 7.39. The van der Waals surface area contributed by atoms with E-state index in [1.165, 1.54) is 15.8 Å². The first-order valence-corrected chi connectivity index (χ1v) is 14.0. The second-order valence-electron chi connectivity index (χ2n) is 9.85. The molecular weight excluding hydrogens is 524 g/mol. The van der Waals surface area contributed by atoms with Gasteiger partial charge in [-0.1, -0.05) is 41.9 Å². The smallest absolute Gasteiger partial charge is 0.231 e. The molecule has 7 nitrogen and oxygen atoms in total. The molecule has 0 aliphatic carbocycles. The minimum atomic E-state index is -0.191. The summed E-state index contributed by atoms with van der Waals surface area (Å²) in [5, 5.41) is 4.70. The van der Waals surface area contributed by atoms with Gasteiger partial charge < -0.3 is 20.0 Å². The van der Waals surface area contributed by atoms with E-state index in [1.54, 1.807) is 17.7 Å². The molecule has 0 bridgehead atoms. The molecule has 5 rings (SSSR count). The van der Waals surface area contributed by atoms with Crippen molar-refractivity contribution in [1.29, 1.82) is 0 Å². The van der Waals surface area contributed by atoms with Crippen molar-refractivity contribution >= 4 is 49.2 Å². The SMILES string of the molecule is CC(C)NCC(C(=O)N1CCN(c2ncnc3sc4c(c23)CCN(C)C4)CC1)c1ccc(Br)cc1. The number of likely N-dealkylation sites (N-methyl/N-ethyl adjacent to an activating group) is 1. The maximum Gasteiger partial charge on any atom is 0.231 e. The third kappa shape index (κ3) is 5.23. The quantitative estimate of drug-likeness (QED) is 0.497. The van der Waals surface area contributed by atoms with Crippen molar-refractivity contribution in [3.05, 3.63) is 51.1 Å². The number of amides is 1. The normalized spacial score (nSPS) is 17.7. The zero-order valence-electron chi connectivity index (χ0n) is 20.6. The molecule has 0 radical (unpaired) electrons. The summed E-state index contributed by atoms with van der Waals surface area (Å²) >= 11 is 5.31. The minimum absolute atomic E-state index is 0.191. The van der Waals surface area contributed by atoms with Crippen LogP contribution in [0, 0.1) is 0 Å². The average molecular weight is 558 g/mol. The van der Waals surface area contributed by atoms with Crippen LogP contribution in [0.2, 0.25) is 0 Å². The van der Waals surface area contributed by atoms with Gasteiger partial charge in [-0.15, -0.1) is 11.3 Å².